The van der Waals surface area contributed by atoms with Gasteiger partial charge in [-0.3, -0.25) is 25.2 Å². The molecule has 11 heteroatoms. The molecule has 0 fully saturated rings. The quantitative estimate of drug-likeness (QED) is 0.515. The second-order valence-electron chi connectivity index (χ2n) is 5.44. The van der Waals surface area contributed by atoms with Crippen molar-refractivity contribution in [3.8, 4) is 5.75 Å². The van der Waals surface area contributed by atoms with Crippen LogP contribution in [0.3, 0.4) is 0 Å². The normalized spacial score (nSPS) is 11.0. The van der Waals surface area contributed by atoms with Crippen molar-refractivity contribution in [3.63, 3.8) is 0 Å². The minimum absolute atomic E-state index is 0.0702. The van der Waals surface area contributed by atoms with Gasteiger partial charge in [-0.15, -0.1) is 11.3 Å². The van der Waals surface area contributed by atoms with Gasteiger partial charge in [0, 0.05) is 12.8 Å². The SMILES string of the molecule is O=C(CCC(=O)c1ccc(Cl)s1)NNC(=O)COc1cccc(C(F)(F)F)c1. The van der Waals surface area contributed by atoms with Crippen molar-refractivity contribution in [1.82, 2.24) is 10.9 Å². The molecule has 28 heavy (non-hydrogen) atoms. The van der Waals surface area contributed by atoms with Crippen molar-refractivity contribution >= 4 is 40.5 Å². The van der Waals surface area contributed by atoms with Gasteiger partial charge in [-0.25, -0.2) is 0 Å². The highest BCUT2D eigenvalue weighted by molar-refractivity contribution is 7.18. The van der Waals surface area contributed by atoms with E-state index in [1.165, 1.54) is 6.07 Å². The first-order valence-corrected chi connectivity index (χ1v) is 9.01. The summed E-state index contributed by atoms with van der Waals surface area (Å²) in [6.45, 7) is -0.603. The smallest absolute Gasteiger partial charge is 0.416 e. The fourth-order valence-electron chi connectivity index (χ4n) is 1.96. The maximum atomic E-state index is 12.6. The number of nitrogens with one attached hydrogen (secondary N) is 2. The van der Waals surface area contributed by atoms with E-state index in [1.54, 1.807) is 12.1 Å². The molecule has 0 aliphatic rings. The molecular weight excluding hydrogens is 421 g/mol. The summed E-state index contributed by atoms with van der Waals surface area (Å²) in [5, 5.41) is 0. The molecule has 1 aromatic carbocycles. The Labute approximate surface area is 166 Å². The van der Waals surface area contributed by atoms with Gasteiger partial charge in [-0.1, -0.05) is 17.7 Å². The molecule has 0 saturated heterocycles. The largest absolute Gasteiger partial charge is 0.484 e. The van der Waals surface area contributed by atoms with E-state index in [4.69, 9.17) is 16.3 Å². The van der Waals surface area contributed by atoms with Gasteiger partial charge in [-0.2, -0.15) is 13.2 Å². The summed E-state index contributed by atoms with van der Waals surface area (Å²) in [5.74, 6) is -1.78. The predicted molar refractivity (Wildman–Crippen MR) is 96.1 cm³/mol. The lowest BCUT2D eigenvalue weighted by atomic mass is 10.2. The summed E-state index contributed by atoms with van der Waals surface area (Å²) >= 11 is 6.83. The third-order valence-corrected chi connectivity index (χ3v) is 4.57. The number of amides is 2. The van der Waals surface area contributed by atoms with Gasteiger partial charge in [0.2, 0.25) is 5.91 Å². The van der Waals surface area contributed by atoms with Gasteiger partial charge in [0.15, 0.2) is 12.4 Å². The van der Waals surface area contributed by atoms with E-state index in [0.717, 1.165) is 29.5 Å². The Balaban J connectivity index is 1.70. The number of benzene rings is 1. The molecule has 0 atom stereocenters. The van der Waals surface area contributed by atoms with Crippen molar-refractivity contribution < 1.29 is 32.3 Å². The topological polar surface area (TPSA) is 84.5 Å². The monoisotopic (exact) mass is 434 g/mol. The van der Waals surface area contributed by atoms with Crippen molar-refractivity contribution in [2.45, 2.75) is 19.0 Å². The number of thiophene rings is 1. The zero-order valence-corrected chi connectivity index (χ0v) is 15.7. The van der Waals surface area contributed by atoms with Crippen LogP contribution in [0.4, 0.5) is 13.2 Å². The Morgan fingerprint density at radius 3 is 2.39 bits per heavy atom. The number of ketones is 1. The molecule has 1 aromatic heterocycles. The first-order chi connectivity index (χ1) is 13.1. The molecule has 0 unspecified atom stereocenters. The van der Waals surface area contributed by atoms with Crippen LogP contribution < -0.4 is 15.6 Å². The summed E-state index contributed by atoms with van der Waals surface area (Å²) in [6.07, 6.45) is -4.76. The highest BCUT2D eigenvalue weighted by atomic mass is 35.5. The highest BCUT2D eigenvalue weighted by Crippen LogP contribution is 2.31. The van der Waals surface area contributed by atoms with Crippen molar-refractivity contribution in [3.05, 3.63) is 51.2 Å². The maximum Gasteiger partial charge on any atom is 0.416 e. The predicted octanol–water partition coefficient (Wildman–Crippen LogP) is 3.61. The molecule has 150 valence electrons. The number of rotatable bonds is 7. The molecule has 2 amide bonds. The van der Waals surface area contributed by atoms with Crippen LogP contribution >= 0.6 is 22.9 Å². The summed E-state index contributed by atoms with van der Waals surface area (Å²) in [7, 11) is 0. The van der Waals surface area contributed by atoms with Crippen molar-refractivity contribution in [1.29, 1.82) is 0 Å². The molecule has 2 N–H and O–H groups in total. The summed E-state index contributed by atoms with van der Waals surface area (Å²) < 4.78 is 43.2. The minimum atomic E-state index is -4.53. The second-order valence-corrected chi connectivity index (χ2v) is 7.15. The van der Waals surface area contributed by atoms with Gasteiger partial charge < -0.3 is 4.74 Å². The maximum absolute atomic E-state index is 12.6. The van der Waals surface area contributed by atoms with E-state index in [0.29, 0.717) is 9.21 Å². The Kier molecular flexibility index (Phi) is 7.41. The average molecular weight is 435 g/mol. The molecule has 0 aliphatic carbocycles. The van der Waals surface area contributed by atoms with Crippen LogP contribution in [-0.4, -0.2) is 24.2 Å². The number of hydrazine groups is 1. The van der Waals surface area contributed by atoms with Gasteiger partial charge in [0.05, 0.1) is 14.8 Å². The lowest BCUT2D eigenvalue weighted by Gasteiger charge is -2.11. The van der Waals surface area contributed by atoms with Gasteiger partial charge in [0.1, 0.15) is 5.75 Å². The third-order valence-electron chi connectivity index (χ3n) is 3.30. The molecule has 6 nitrogen and oxygen atoms in total. The number of halogens is 4. The van der Waals surface area contributed by atoms with Crippen LogP contribution in [0.5, 0.6) is 5.75 Å². The Morgan fingerprint density at radius 1 is 1.04 bits per heavy atom. The molecule has 2 aromatic rings. The lowest BCUT2D eigenvalue weighted by Crippen LogP contribution is -2.43. The fourth-order valence-corrected chi connectivity index (χ4v) is 2.97. The van der Waals surface area contributed by atoms with Gasteiger partial charge in [0.25, 0.3) is 5.91 Å². The second kappa shape index (κ2) is 9.56. The van der Waals surface area contributed by atoms with Crippen LogP contribution in [0.1, 0.15) is 28.1 Å². The van der Waals surface area contributed by atoms with E-state index in [2.05, 4.69) is 5.43 Å². The number of alkyl halides is 3. The number of hydrogen-bond donors (Lipinski definition) is 2. The van der Waals surface area contributed by atoms with Gasteiger partial charge >= 0.3 is 6.18 Å². The lowest BCUT2D eigenvalue weighted by molar-refractivity contribution is -0.137. The molecular formula is C17H14ClF3N2O4S. The van der Waals surface area contributed by atoms with Crippen molar-refractivity contribution in [2.24, 2.45) is 0 Å². The Hall–Kier alpha value is -2.59. The Bertz CT molecular complexity index is 870. The minimum Gasteiger partial charge on any atom is -0.484 e. The number of hydrogen-bond acceptors (Lipinski definition) is 5. The molecule has 2 rings (SSSR count). The van der Waals surface area contributed by atoms with Crippen molar-refractivity contribution in [2.75, 3.05) is 6.61 Å². The summed E-state index contributed by atoms with van der Waals surface area (Å²) in [6, 6.07) is 7.18. The van der Waals surface area contributed by atoms with Crippen LogP contribution in [0, 0.1) is 0 Å². The van der Waals surface area contributed by atoms with Crippen LogP contribution in [-0.2, 0) is 15.8 Å². The molecule has 0 aliphatic heterocycles. The van der Waals surface area contributed by atoms with Crippen LogP contribution in [0.15, 0.2) is 36.4 Å². The summed E-state index contributed by atoms with van der Waals surface area (Å²) in [4.78, 5) is 35.5. The van der Waals surface area contributed by atoms with E-state index in [1.807, 2.05) is 5.43 Å². The highest BCUT2D eigenvalue weighted by Gasteiger charge is 2.30. The molecule has 1 heterocycles. The van der Waals surface area contributed by atoms with Gasteiger partial charge in [-0.05, 0) is 30.3 Å². The van der Waals surface area contributed by atoms with Crippen LogP contribution in [0.25, 0.3) is 0 Å². The fraction of sp³-hybridized carbons (Fsp3) is 0.235. The molecule has 0 radical (unpaired) electrons. The number of Topliss-reactive ketones (excluding diaryl/α,β-unsaturated/α-hetero) is 1. The number of ether oxygens (including phenoxy) is 1. The zero-order chi connectivity index (χ0) is 20.7. The number of carbonyl (C=O) groups is 3. The molecule has 0 bridgehead atoms. The first kappa shape index (κ1) is 21.7. The van der Waals surface area contributed by atoms with E-state index < -0.39 is 30.2 Å². The van der Waals surface area contributed by atoms with Crippen LogP contribution in [0.2, 0.25) is 4.34 Å². The van der Waals surface area contributed by atoms with E-state index in [-0.39, 0.29) is 24.4 Å². The van der Waals surface area contributed by atoms with E-state index >= 15 is 0 Å². The number of carbonyl (C=O) groups excluding carboxylic acids is 3. The third kappa shape index (κ3) is 6.86. The zero-order valence-electron chi connectivity index (χ0n) is 14.1. The average Bonchev–Trinajstić information content (AvgIpc) is 3.08. The summed E-state index contributed by atoms with van der Waals surface area (Å²) in [5.41, 5.74) is 3.24. The molecule has 0 saturated carbocycles. The first-order valence-electron chi connectivity index (χ1n) is 7.81. The molecule has 0 spiro atoms. The standard InChI is InChI=1S/C17H14ClF3N2O4S/c18-14-6-5-13(28-14)12(24)4-7-15(25)22-23-16(26)9-27-11-3-1-2-10(8-11)17(19,20)21/h1-3,5-6,8H,4,7,9H2,(H,22,25)(H,23,26). The van der Waals surface area contributed by atoms with E-state index in [9.17, 15) is 27.6 Å². The Morgan fingerprint density at radius 2 is 1.75 bits per heavy atom.